The number of carbonyl (C=O) groups is 3. The first-order valence-electron chi connectivity index (χ1n) is 8.85. The molecule has 1 heterocycles. The molecular weight excluding hydrogens is 376 g/mol. The van der Waals surface area contributed by atoms with Crippen molar-refractivity contribution >= 4 is 44.9 Å². The Kier molecular flexibility index (Phi) is 6.06. The Labute approximate surface area is 166 Å². The first kappa shape index (κ1) is 19.6. The Bertz CT molecular complexity index is 1010. The van der Waals surface area contributed by atoms with E-state index in [2.05, 4.69) is 10.6 Å². The maximum Gasteiger partial charge on any atom is 0.348 e. The van der Waals surface area contributed by atoms with Gasteiger partial charge in [0.25, 0.3) is 5.91 Å². The lowest BCUT2D eigenvalue weighted by molar-refractivity contribution is -0.117. The van der Waals surface area contributed by atoms with Crippen LogP contribution in [0.15, 0.2) is 54.6 Å². The van der Waals surface area contributed by atoms with E-state index in [1.165, 1.54) is 11.3 Å². The summed E-state index contributed by atoms with van der Waals surface area (Å²) in [6.45, 7) is 3.70. The summed E-state index contributed by atoms with van der Waals surface area (Å²) < 4.78 is 5.94. The molecule has 2 aromatic carbocycles. The van der Waals surface area contributed by atoms with Crippen LogP contribution in [0.4, 0.5) is 5.69 Å². The van der Waals surface area contributed by atoms with E-state index in [4.69, 9.17) is 4.74 Å². The Morgan fingerprint density at radius 2 is 1.82 bits per heavy atom. The number of carbonyl (C=O) groups excluding carboxylic acids is 3. The molecule has 1 aromatic heterocycles. The minimum absolute atomic E-state index is 0.310. The van der Waals surface area contributed by atoms with Crippen molar-refractivity contribution in [3.63, 3.8) is 0 Å². The molecular formula is C21H20N2O4S. The first-order chi connectivity index (χ1) is 13.5. The lowest BCUT2D eigenvalue weighted by Gasteiger charge is -2.14. The molecule has 0 aliphatic rings. The van der Waals surface area contributed by atoms with Gasteiger partial charge in [-0.15, -0.1) is 11.3 Å². The second kappa shape index (κ2) is 8.67. The number of anilines is 1. The molecule has 7 heteroatoms. The molecule has 0 aliphatic heterocycles. The maximum atomic E-state index is 12.4. The van der Waals surface area contributed by atoms with Gasteiger partial charge < -0.3 is 15.4 Å². The van der Waals surface area contributed by atoms with Crippen molar-refractivity contribution in [3.05, 3.63) is 65.0 Å². The van der Waals surface area contributed by atoms with E-state index in [0.717, 1.165) is 10.1 Å². The van der Waals surface area contributed by atoms with Gasteiger partial charge in [-0.2, -0.15) is 0 Å². The summed E-state index contributed by atoms with van der Waals surface area (Å²) in [6.07, 6.45) is 0. The van der Waals surface area contributed by atoms with E-state index in [0.29, 0.717) is 22.7 Å². The second-order valence-electron chi connectivity index (χ2n) is 6.13. The van der Waals surface area contributed by atoms with Gasteiger partial charge in [0.1, 0.15) is 10.9 Å². The summed E-state index contributed by atoms with van der Waals surface area (Å²) >= 11 is 1.34. The fourth-order valence-corrected chi connectivity index (χ4v) is 3.55. The number of hydrogen-bond donors (Lipinski definition) is 2. The summed E-state index contributed by atoms with van der Waals surface area (Å²) in [5.74, 6) is -0.994. The molecule has 144 valence electrons. The van der Waals surface area contributed by atoms with Crippen LogP contribution >= 0.6 is 11.3 Å². The van der Waals surface area contributed by atoms with Crippen molar-refractivity contribution in [3.8, 4) is 0 Å². The van der Waals surface area contributed by atoms with Gasteiger partial charge >= 0.3 is 5.97 Å². The summed E-state index contributed by atoms with van der Waals surface area (Å²) in [7, 11) is 0. The number of esters is 1. The van der Waals surface area contributed by atoms with Crippen molar-refractivity contribution in [1.82, 2.24) is 5.32 Å². The van der Waals surface area contributed by atoms with Gasteiger partial charge in [0.2, 0.25) is 5.91 Å². The third-order valence-electron chi connectivity index (χ3n) is 4.04. The predicted molar refractivity (Wildman–Crippen MR) is 110 cm³/mol. The largest absolute Gasteiger partial charge is 0.462 e. The van der Waals surface area contributed by atoms with Crippen LogP contribution in [0.25, 0.3) is 10.1 Å². The molecule has 2 N–H and O–H groups in total. The van der Waals surface area contributed by atoms with Crippen LogP contribution in [0.5, 0.6) is 0 Å². The second-order valence-corrected chi connectivity index (χ2v) is 7.22. The number of benzene rings is 2. The number of hydrogen-bond acceptors (Lipinski definition) is 5. The summed E-state index contributed by atoms with van der Waals surface area (Å²) in [6, 6.07) is 15.1. The molecule has 3 aromatic rings. The average Bonchev–Trinajstić information content (AvgIpc) is 3.12. The molecule has 0 fully saturated rings. The van der Waals surface area contributed by atoms with Crippen molar-refractivity contribution in [2.75, 3.05) is 11.9 Å². The number of thiophene rings is 1. The van der Waals surface area contributed by atoms with Gasteiger partial charge in [0, 0.05) is 16.0 Å². The summed E-state index contributed by atoms with van der Waals surface area (Å²) in [5.41, 5.74) is 1.08. The molecule has 6 nitrogen and oxygen atoms in total. The number of amides is 2. The van der Waals surface area contributed by atoms with Gasteiger partial charge in [-0.3, -0.25) is 9.59 Å². The van der Waals surface area contributed by atoms with Crippen LogP contribution in [0.3, 0.4) is 0 Å². The Morgan fingerprint density at radius 3 is 2.54 bits per heavy atom. The normalized spacial score (nSPS) is 11.6. The van der Waals surface area contributed by atoms with Crippen molar-refractivity contribution in [2.45, 2.75) is 19.9 Å². The number of fused-ring (bicyclic) bond motifs is 1. The molecule has 0 spiro atoms. The fourth-order valence-electron chi connectivity index (χ4n) is 2.61. The lowest BCUT2D eigenvalue weighted by Crippen LogP contribution is -2.41. The zero-order valence-corrected chi connectivity index (χ0v) is 16.3. The Hall–Kier alpha value is -3.19. The molecule has 0 unspecified atom stereocenters. The Balaban J connectivity index is 1.66. The van der Waals surface area contributed by atoms with Gasteiger partial charge in [0.15, 0.2) is 0 Å². The molecule has 1 atom stereocenters. The van der Waals surface area contributed by atoms with Gasteiger partial charge in [0.05, 0.1) is 6.61 Å². The van der Waals surface area contributed by atoms with Gasteiger partial charge in [-0.25, -0.2) is 4.79 Å². The molecule has 0 bridgehead atoms. The highest BCUT2D eigenvalue weighted by Gasteiger charge is 2.17. The van der Waals surface area contributed by atoms with E-state index in [1.54, 1.807) is 56.3 Å². The van der Waals surface area contributed by atoms with E-state index in [9.17, 15) is 14.4 Å². The third-order valence-corrected chi connectivity index (χ3v) is 5.13. The minimum atomic E-state index is -0.707. The number of ether oxygens (including phenoxy) is 1. The van der Waals surface area contributed by atoms with Crippen LogP contribution < -0.4 is 10.6 Å². The van der Waals surface area contributed by atoms with Crippen LogP contribution in [-0.2, 0) is 9.53 Å². The van der Waals surface area contributed by atoms with Crippen molar-refractivity contribution in [1.29, 1.82) is 0 Å². The summed E-state index contributed by atoms with van der Waals surface area (Å²) in [4.78, 5) is 37.0. The highest BCUT2D eigenvalue weighted by Crippen LogP contribution is 2.28. The molecule has 0 radical (unpaired) electrons. The highest BCUT2D eigenvalue weighted by molar-refractivity contribution is 7.20. The quantitative estimate of drug-likeness (QED) is 0.620. The fraction of sp³-hybridized carbons (Fsp3) is 0.190. The van der Waals surface area contributed by atoms with Gasteiger partial charge in [-0.1, -0.05) is 18.2 Å². The lowest BCUT2D eigenvalue weighted by atomic mass is 10.2. The maximum absolute atomic E-state index is 12.4. The zero-order chi connectivity index (χ0) is 20.1. The number of rotatable bonds is 6. The van der Waals surface area contributed by atoms with E-state index >= 15 is 0 Å². The van der Waals surface area contributed by atoms with E-state index < -0.39 is 6.04 Å². The molecule has 28 heavy (non-hydrogen) atoms. The molecule has 0 saturated carbocycles. The first-order valence-corrected chi connectivity index (χ1v) is 9.67. The minimum Gasteiger partial charge on any atom is -0.462 e. The molecule has 3 rings (SSSR count). The van der Waals surface area contributed by atoms with E-state index in [1.807, 2.05) is 12.1 Å². The standard InChI is InChI=1S/C21H20N2O4S/c1-3-27-21(26)18-12-15-11-16(9-10-17(15)28-18)23-19(24)13(2)22-20(25)14-7-5-4-6-8-14/h4-13H,3H2,1-2H3,(H,22,25)(H,23,24)/t13-/m0/s1. The molecule has 2 amide bonds. The monoisotopic (exact) mass is 396 g/mol. The SMILES string of the molecule is CCOC(=O)c1cc2cc(NC(=O)[C@H](C)NC(=O)c3ccccc3)ccc2s1. The molecule has 0 saturated heterocycles. The van der Waals surface area contributed by atoms with Crippen LogP contribution in [0.2, 0.25) is 0 Å². The van der Waals surface area contributed by atoms with Crippen LogP contribution in [-0.4, -0.2) is 30.4 Å². The summed E-state index contributed by atoms with van der Waals surface area (Å²) in [5, 5.41) is 6.31. The topological polar surface area (TPSA) is 84.5 Å². The van der Waals surface area contributed by atoms with Gasteiger partial charge in [-0.05, 0) is 55.6 Å². The van der Waals surface area contributed by atoms with Crippen LogP contribution in [0, 0.1) is 0 Å². The third kappa shape index (κ3) is 4.55. The van der Waals surface area contributed by atoms with Crippen LogP contribution in [0.1, 0.15) is 33.9 Å². The Morgan fingerprint density at radius 1 is 1.07 bits per heavy atom. The highest BCUT2D eigenvalue weighted by atomic mass is 32.1. The van der Waals surface area contributed by atoms with E-state index in [-0.39, 0.29) is 17.8 Å². The number of nitrogens with one attached hydrogen (secondary N) is 2. The van der Waals surface area contributed by atoms with Crippen molar-refractivity contribution in [2.24, 2.45) is 0 Å². The van der Waals surface area contributed by atoms with Crippen molar-refractivity contribution < 1.29 is 19.1 Å². The zero-order valence-electron chi connectivity index (χ0n) is 15.5. The molecule has 0 aliphatic carbocycles. The predicted octanol–water partition coefficient (Wildman–Crippen LogP) is 3.84. The average molecular weight is 396 g/mol. The smallest absolute Gasteiger partial charge is 0.348 e.